The maximum Gasteiger partial charge on any atom is 0.163 e. The fourth-order valence-electron chi connectivity index (χ4n) is 4.45. The van der Waals surface area contributed by atoms with Crippen molar-refractivity contribution in [3.63, 3.8) is 0 Å². The lowest BCUT2D eigenvalue weighted by Gasteiger charge is -2.19. The number of ether oxygens (including phenoxy) is 1. The first-order chi connectivity index (χ1) is 17.3. The minimum absolute atomic E-state index is 0.00990. The molecule has 0 saturated carbocycles. The van der Waals surface area contributed by atoms with Crippen molar-refractivity contribution in [3.05, 3.63) is 88.7 Å². The summed E-state index contributed by atoms with van der Waals surface area (Å²) in [7, 11) is 0. The second kappa shape index (κ2) is 11.3. The van der Waals surface area contributed by atoms with Crippen molar-refractivity contribution in [1.29, 1.82) is 0 Å². The van der Waals surface area contributed by atoms with Gasteiger partial charge in [-0.1, -0.05) is 73.4 Å². The number of aromatic nitrogens is 3. The Morgan fingerprint density at radius 2 is 1.39 bits per heavy atom. The number of phenols is 1. The second-order valence-electron chi connectivity index (χ2n) is 9.63. The van der Waals surface area contributed by atoms with E-state index in [1.807, 2.05) is 6.07 Å². The van der Waals surface area contributed by atoms with Crippen LogP contribution in [0.2, 0.25) is 0 Å². The Morgan fingerprint density at radius 3 is 1.92 bits per heavy atom. The molecular formula is C31H35N3O2. The van der Waals surface area contributed by atoms with Gasteiger partial charge in [0.25, 0.3) is 0 Å². The maximum absolute atomic E-state index is 9.84. The largest absolute Gasteiger partial charge is 0.508 e. The van der Waals surface area contributed by atoms with Gasteiger partial charge in [-0.25, -0.2) is 15.0 Å². The number of aryl methyl sites for hydroxylation is 4. The Hall–Kier alpha value is -3.73. The smallest absolute Gasteiger partial charge is 0.163 e. The first-order valence-corrected chi connectivity index (χ1v) is 12.7. The van der Waals surface area contributed by atoms with E-state index in [4.69, 9.17) is 19.7 Å². The number of phenolic OH excluding ortho intramolecular Hbond substituents is 1. The molecule has 4 aromatic rings. The van der Waals surface area contributed by atoms with E-state index in [2.05, 4.69) is 71.0 Å². The predicted octanol–water partition coefficient (Wildman–Crippen LogP) is 7.50. The third kappa shape index (κ3) is 6.09. The van der Waals surface area contributed by atoms with Crippen LogP contribution in [0.4, 0.5) is 0 Å². The van der Waals surface area contributed by atoms with Crippen molar-refractivity contribution in [2.45, 2.75) is 59.8 Å². The van der Waals surface area contributed by atoms with Gasteiger partial charge in [-0.2, -0.15) is 0 Å². The highest BCUT2D eigenvalue weighted by Gasteiger charge is 2.21. The van der Waals surface area contributed by atoms with Crippen molar-refractivity contribution in [1.82, 2.24) is 15.0 Å². The first kappa shape index (κ1) is 25.4. The van der Waals surface area contributed by atoms with Crippen molar-refractivity contribution in [3.8, 4) is 34.3 Å². The van der Waals surface area contributed by atoms with Gasteiger partial charge in [0.1, 0.15) is 17.3 Å². The average molecular weight is 482 g/mol. The fraction of sp³-hybridized carbons (Fsp3) is 0.323. The molecule has 0 bridgehead atoms. The van der Waals surface area contributed by atoms with Crippen LogP contribution in [0, 0.1) is 27.7 Å². The van der Waals surface area contributed by atoms with Gasteiger partial charge >= 0.3 is 0 Å². The number of nitrogens with zero attached hydrogens (tertiary/aromatic N) is 3. The molecule has 0 radical (unpaired) electrons. The number of hydrogen-bond acceptors (Lipinski definition) is 5. The van der Waals surface area contributed by atoms with E-state index in [0.717, 1.165) is 47.3 Å². The molecule has 5 nitrogen and oxygen atoms in total. The summed E-state index contributed by atoms with van der Waals surface area (Å²) in [4.78, 5) is 14.9. The third-order valence-electron chi connectivity index (χ3n) is 6.44. The zero-order valence-electron chi connectivity index (χ0n) is 21.9. The van der Waals surface area contributed by atoms with Gasteiger partial charge < -0.3 is 9.84 Å². The van der Waals surface area contributed by atoms with E-state index in [-0.39, 0.29) is 11.7 Å². The van der Waals surface area contributed by atoms with Gasteiger partial charge in [0.15, 0.2) is 11.6 Å². The van der Waals surface area contributed by atoms with Crippen molar-refractivity contribution >= 4 is 0 Å². The first-order valence-electron chi connectivity index (χ1n) is 12.7. The molecule has 0 aliphatic heterocycles. The van der Waals surface area contributed by atoms with Crippen LogP contribution in [0.3, 0.4) is 0 Å². The topological polar surface area (TPSA) is 68.1 Å². The molecule has 1 aromatic heterocycles. The minimum atomic E-state index is -0.00990. The van der Waals surface area contributed by atoms with E-state index >= 15 is 0 Å². The highest BCUT2D eigenvalue weighted by atomic mass is 16.5. The van der Waals surface area contributed by atoms with Crippen LogP contribution >= 0.6 is 0 Å². The summed E-state index contributed by atoms with van der Waals surface area (Å²) < 4.78 is 6.11. The highest BCUT2D eigenvalue weighted by molar-refractivity contribution is 5.66. The molecule has 0 fully saturated rings. The van der Waals surface area contributed by atoms with Crippen molar-refractivity contribution in [2.24, 2.45) is 0 Å². The van der Waals surface area contributed by atoms with Crippen LogP contribution in [-0.4, -0.2) is 26.7 Å². The summed E-state index contributed by atoms with van der Waals surface area (Å²) in [6.07, 6.45) is 3.01. The van der Waals surface area contributed by atoms with Crippen molar-refractivity contribution in [2.75, 3.05) is 6.61 Å². The lowest BCUT2D eigenvalue weighted by atomic mass is 10.0. The lowest BCUT2D eigenvalue weighted by Crippen LogP contribution is -2.16. The van der Waals surface area contributed by atoms with E-state index < -0.39 is 0 Å². The summed E-state index contributed by atoms with van der Waals surface area (Å²) in [5, 5.41) is 9.84. The Labute approximate surface area is 214 Å². The van der Waals surface area contributed by atoms with Crippen LogP contribution in [0.1, 0.15) is 60.2 Å². The Kier molecular flexibility index (Phi) is 7.99. The van der Waals surface area contributed by atoms with Crippen LogP contribution < -0.4 is 4.74 Å². The van der Waals surface area contributed by atoms with E-state index in [0.29, 0.717) is 24.0 Å². The molecule has 4 rings (SSSR count). The molecule has 0 amide bonds. The zero-order chi connectivity index (χ0) is 25.7. The van der Waals surface area contributed by atoms with Gasteiger partial charge in [0.05, 0.1) is 12.5 Å². The molecule has 5 heteroatoms. The number of unbranched alkanes of at least 4 members (excludes halogenated alkanes) is 1. The van der Waals surface area contributed by atoms with Gasteiger partial charge in [-0.15, -0.1) is 0 Å². The Bertz CT molecular complexity index is 1280. The molecule has 36 heavy (non-hydrogen) atoms. The molecule has 1 N–H and O–H groups in total. The fourth-order valence-corrected chi connectivity index (χ4v) is 4.45. The molecule has 0 aliphatic carbocycles. The minimum Gasteiger partial charge on any atom is -0.508 e. The van der Waals surface area contributed by atoms with Crippen molar-refractivity contribution < 1.29 is 9.84 Å². The maximum atomic E-state index is 9.84. The van der Waals surface area contributed by atoms with Gasteiger partial charge in [-0.3, -0.25) is 0 Å². The summed E-state index contributed by atoms with van der Waals surface area (Å²) in [5.74, 6) is 2.92. The van der Waals surface area contributed by atoms with Crippen LogP contribution in [0.5, 0.6) is 11.5 Å². The van der Waals surface area contributed by atoms with E-state index in [9.17, 15) is 5.11 Å². The number of aromatic hydroxyl groups is 1. The molecule has 0 aliphatic rings. The summed E-state index contributed by atoms with van der Waals surface area (Å²) >= 11 is 0. The van der Waals surface area contributed by atoms with Gasteiger partial charge in [0, 0.05) is 17.2 Å². The van der Waals surface area contributed by atoms with Crippen LogP contribution in [0.15, 0.2) is 60.7 Å². The standard InChI is InChI=1S/C31H35N3O2/c1-6-7-9-24(19-36-26-11-8-10-25(35)18-26)29-32-30(27-14-12-20(2)16-22(27)4)34-31(33-29)28-15-13-21(3)17-23(28)5/h8,10-18,24,35H,6-7,9,19H2,1-5H3. The Balaban J connectivity index is 1.80. The average Bonchev–Trinajstić information content (AvgIpc) is 2.84. The van der Waals surface area contributed by atoms with E-state index in [1.165, 1.54) is 11.1 Å². The third-order valence-corrected chi connectivity index (χ3v) is 6.44. The second-order valence-corrected chi connectivity index (χ2v) is 9.63. The quantitative estimate of drug-likeness (QED) is 0.268. The molecule has 0 saturated heterocycles. The van der Waals surface area contributed by atoms with Gasteiger partial charge in [0.2, 0.25) is 0 Å². The van der Waals surface area contributed by atoms with E-state index in [1.54, 1.807) is 18.2 Å². The zero-order valence-corrected chi connectivity index (χ0v) is 21.9. The SMILES string of the molecule is CCCCC(COc1cccc(O)c1)c1nc(-c2ccc(C)cc2C)nc(-c2ccc(C)cc2C)n1. The summed E-state index contributed by atoms with van der Waals surface area (Å²) in [5.41, 5.74) is 6.72. The summed E-state index contributed by atoms with van der Waals surface area (Å²) in [6, 6.07) is 19.6. The molecular weight excluding hydrogens is 446 g/mol. The molecule has 1 heterocycles. The number of rotatable bonds is 9. The normalized spacial score (nSPS) is 11.9. The molecule has 1 atom stereocenters. The van der Waals surface area contributed by atoms with Gasteiger partial charge in [-0.05, 0) is 57.4 Å². The highest BCUT2D eigenvalue weighted by Crippen LogP contribution is 2.30. The number of benzene rings is 3. The summed E-state index contributed by atoms with van der Waals surface area (Å²) in [6.45, 7) is 11.0. The Morgan fingerprint density at radius 1 is 0.778 bits per heavy atom. The molecule has 3 aromatic carbocycles. The molecule has 186 valence electrons. The molecule has 1 unspecified atom stereocenters. The lowest BCUT2D eigenvalue weighted by molar-refractivity contribution is 0.273. The predicted molar refractivity (Wildman–Crippen MR) is 146 cm³/mol. The molecule has 0 spiro atoms. The van der Waals surface area contributed by atoms with Crippen LogP contribution in [-0.2, 0) is 0 Å². The number of hydrogen-bond donors (Lipinski definition) is 1. The monoisotopic (exact) mass is 481 g/mol. The van der Waals surface area contributed by atoms with Crippen LogP contribution in [0.25, 0.3) is 22.8 Å².